The van der Waals surface area contributed by atoms with Gasteiger partial charge >= 0.3 is 0 Å². The number of nitrogens with two attached hydrogens (primary N) is 1. The number of hydrogen-bond donors (Lipinski definition) is 3. The van der Waals surface area contributed by atoms with Gasteiger partial charge in [0, 0.05) is 19.1 Å². The van der Waals surface area contributed by atoms with Crippen molar-refractivity contribution in [3.8, 4) is 0 Å². The van der Waals surface area contributed by atoms with Gasteiger partial charge in [0.2, 0.25) is 17.8 Å². The minimum atomic E-state index is 0.429. The summed E-state index contributed by atoms with van der Waals surface area (Å²) in [6.45, 7) is 4.34. The van der Waals surface area contributed by atoms with Crippen LogP contribution in [0.25, 0.3) is 0 Å². The Kier molecular flexibility index (Phi) is 4.38. The minimum absolute atomic E-state index is 0.429. The zero-order valence-electron chi connectivity index (χ0n) is 12.7. The molecule has 1 aliphatic heterocycles. The van der Waals surface area contributed by atoms with Crippen LogP contribution in [0.1, 0.15) is 45.4 Å². The molecule has 116 valence electrons. The summed E-state index contributed by atoms with van der Waals surface area (Å²) < 4.78 is 0. The summed E-state index contributed by atoms with van der Waals surface area (Å²) in [5, 5.41) is 3.46. The van der Waals surface area contributed by atoms with Gasteiger partial charge in [-0.25, -0.2) is 5.84 Å². The Morgan fingerprint density at radius 2 is 1.67 bits per heavy atom. The Hall–Kier alpha value is -1.63. The summed E-state index contributed by atoms with van der Waals surface area (Å²) in [6.07, 6.45) is 7.28. The molecule has 1 aromatic rings. The maximum atomic E-state index is 5.49. The van der Waals surface area contributed by atoms with Crippen LogP contribution in [0.3, 0.4) is 0 Å². The maximum Gasteiger partial charge on any atom is 0.243 e. The van der Waals surface area contributed by atoms with Gasteiger partial charge in [0.15, 0.2) is 0 Å². The Morgan fingerprint density at radius 3 is 2.33 bits per heavy atom. The van der Waals surface area contributed by atoms with Gasteiger partial charge < -0.3 is 10.2 Å². The van der Waals surface area contributed by atoms with E-state index >= 15 is 0 Å². The first-order chi connectivity index (χ1) is 10.2. The lowest BCUT2D eigenvalue weighted by molar-refractivity contribution is 0.360. The van der Waals surface area contributed by atoms with Gasteiger partial charge in [0.05, 0.1) is 0 Å². The van der Waals surface area contributed by atoms with Gasteiger partial charge in [0.25, 0.3) is 0 Å². The van der Waals surface area contributed by atoms with Crippen molar-refractivity contribution in [2.24, 2.45) is 11.8 Å². The number of nitrogen functional groups attached to an aromatic ring is 1. The van der Waals surface area contributed by atoms with E-state index in [0.717, 1.165) is 25.0 Å². The molecule has 21 heavy (non-hydrogen) atoms. The first-order valence-corrected chi connectivity index (χ1v) is 7.99. The van der Waals surface area contributed by atoms with Crippen molar-refractivity contribution in [3.63, 3.8) is 0 Å². The molecule has 0 spiro atoms. The molecule has 0 aromatic carbocycles. The standard InChI is InChI=1S/C14H25N7/c1-10-4-6-11(7-5-10)16-12-17-13(20-15)19-14(18-12)21-8-2-3-9-21/h10-11H,2-9,15H2,1H3,(H2,16,17,18,19,20). The molecule has 0 amide bonds. The second-order valence-electron chi connectivity index (χ2n) is 6.22. The normalized spacial score (nSPS) is 25.9. The van der Waals surface area contributed by atoms with Crippen molar-refractivity contribution in [1.29, 1.82) is 0 Å². The molecular weight excluding hydrogens is 266 g/mol. The van der Waals surface area contributed by atoms with Crippen molar-refractivity contribution in [2.45, 2.75) is 51.5 Å². The number of aromatic nitrogens is 3. The summed E-state index contributed by atoms with van der Waals surface area (Å²) in [5.41, 5.74) is 2.55. The van der Waals surface area contributed by atoms with Crippen molar-refractivity contribution in [1.82, 2.24) is 15.0 Å². The molecule has 1 aliphatic carbocycles. The molecule has 0 unspecified atom stereocenters. The maximum absolute atomic E-state index is 5.49. The fourth-order valence-corrected chi connectivity index (χ4v) is 3.14. The number of hydrazine groups is 1. The average Bonchev–Trinajstić information content (AvgIpc) is 3.04. The monoisotopic (exact) mass is 291 g/mol. The van der Waals surface area contributed by atoms with Crippen LogP contribution in [0.4, 0.5) is 17.8 Å². The fourth-order valence-electron chi connectivity index (χ4n) is 3.14. The van der Waals surface area contributed by atoms with Crippen LogP contribution in [-0.4, -0.2) is 34.1 Å². The predicted octanol–water partition coefficient (Wildman–Crippen LogP) is 1.75. The number of nitrogens with one attached hydrogen (secondary N) is 2. The summed E-state index contributed by atoms with van der Waals surface area (Å²) in [6, 6.07) is 0.459. The highest BCUT2D eigenvalue weighted by atomic mass is 15.4. The molecule has 2 aliphatic rings. The highest BCUT2D eigenvalue weighted by Crippen LogP contribution is 2.26. The SMILES string of the molecule is CC1CCC(Nc2nc(NN)nc(N3CCCC3)n2)CC1. The number of nitrogens with zero attached hydrogens (tertiary/aromatic N) is 4. The molecule has 4 N–H and O–H groups in total. The molecule has 0 bridgehead atoms. The van der Waals surface area contributed by atoms with E-state index in [1.54, 1.807) is 0 Å². The summed E-state index contributed by atoms with van der Waals surface area (Å²) >= 11 is 0. The Balaban J connectivity index is 1.72. The third-order valence-corrected chi connectivity index (χ3v) is 4.49. The van der Waals surface area contributed by atoms with Gasteiger partial charge in [-0.05, 0) is 44.4 Å². The lowest BCUT2D eigenvalue weighted by atomic mass is 9.87. The smallest absolute Gasteiger partial charge is 0.243 e. The lowest BCUT2D eigenvalue weighted by Crippen LogP contribution is -2.28. The summed E-state index contributed by atoms with van der Waals surface area (Å²) in [5.74, 6) is 8.12. The van der Waals surface area contributed by atoms with Gasteiger partial charge in [-0.3, -0.25) is 5.43 Å². The molecule has 7 nitrogen and oxygen atoms in total. The van der Waals surface area contributed by atoms with Gasteiger partial charge in [-0.2, -0.15) is 15.0 Å². The molecule has 0 radical (unpaired) electrons. The second kappa shape index (κ2) is 6.43. The minimum Gasteiger partial charge on any atom is -0.351 e. The highest BCUT2D eigenvalue weighted by molar-refractivity contribution is 5.44. The first-order valence-electron chi connectivity index (χ1n) is 7.99. The molecule has 2 heterocycles. The molecule has 3 rings (SSSR count). The molecular formula is C14H25N7. The molecule has 2 fully saturated rings. The predicted molar refractivity (Wildman–Crippen MR) is 84.1 cm³/mol. The molecule has 1 saturated heterocycles. The van der Waals surface area contributed by atoms with E-state index in [2.05, 4.69) is 37.5 Å². The summed E-state index contributed by atoms with van der Waals surface area (Å²) in [7, 11) is 0. The van der Waals surface area contributed by atoms with Crippen LogP contribution >= 0.6 is 0 Å². The van der Waals surface area contributed by atoms with Crippen LogP contribution in [0.15, 0.2) is 0 Å². The zero-order chi connectivity index (χ0) is 14.7. The topological polar surface area (TPSA) is 92.0 Å². The van der Waals surface area contributed by atoms with E-state index < -0.39 is 0 Å². The van der Waals surface area contributed by atoms with Crippen LogP contribution < -0.4 is 21.5 Å². The highest BCUT2D eigenvalue weighted by Gasteiger charge is 2.21. The van der Waals surface area contributed by atoms with Crippen molar-refractivity contribution in [2.75, 3.05) is 28.7 Å². The Morgan fingerprint density at radius 1 is 1.00 bits per heavy atom. The van der Waals surface area contributed by atoms with Crippen molar-refractivity contribution < 1.29 is 0 Å². The molecule has 1 aromatic heterocycles. The fraction of sp³-hybridized carbons (Fsp3) is 0.786. The number of anilines is 3. The van der Waals surface area contributed by atoms with E-state index in [9.17, 15) is 0 Å². The van der Waals surface area contributed by atoms with Gasteiger partial charge in [-0.1, -0.05) is 6.92 Å². The average molecular weight is 291 g/mol. The van der Waals surface area contributed by atoms with Gasteiger partial charge in [0.1, 0.15) is 0 Å². The van der Waals surface area contributed by atoms with E-state index in [1.165, 1.54) is 38.5 Å². The third kappa shape index (κ3) is 3.53. The Bertz CT molecular complexity index is 464. The third-order valence-electron chi connectivity index (χ3n) is 4.49. The molecule has 7 heteroatoms. The molecule has 1 saturated carbocycles. The van der Waals surface area contributed by atoms with E-state index in [0.29, 0.717) is 17.9 Å². The van der Waals surface area contributed by atoms with Crippen molar-refractivity contribution >= 4 is 17.8 Å². The number of rotatable bonds is 4. The second-order valence-corrected chi connectivity index (χ2v) is 6.22. The lowest BCUT2D eigenvalue weighted by Gasteiger charge is -2.27. The van der Waals surface area contributed by atoms with E-state index in [-0.39, 0.29) is 0 Å². The largest absolute Gasteiger partial charge is 0.351 e. The van der Waals surface area contributed by atoms with Crippen LogP contribution in [0.2, 0.25) is 0 Å². The zero-order valence-corrected chi connectivity index (χ0v) is 12.7. The van der Waals surface area contributed by atoms with Gasteiger partial charge in [-0.15, -0.1) is 0 Å². The molecule has 0 atom stereocenters. The summed E-state index contributed by atoms with van der Waals surface area (Å²) in [4.78, 5) is 15.5. The quantitative estimate of drug-likeness (QED) is 0.575. The van der Waals surface area contributed by atoms with Crippen LogP contribution in [0, 0.1) is 5.92 Å². The number of hydrogen-bond acceptors (Lipinski definition) is 7. The first kappa shape index (κ1) is 14.3. The Labute approximate surface area is 125 Å². The van der Waals surface area contributed by atoms with Crippen LogP contribution in [0.5, 0.6) is 0 Å². The van der Waals surface area contributed by atoms with E-state index in [1.807, 2.05) is 0 Å². The van der Waals surface area contributed by atoms with Crippen LogP contribution in [-0.2, 0) is 0 Å². The van der Waals surface area contributed by atoms with E-state index in [4.69, 9.17) is 5.84 Å². The van der Waals surface area contributed by atoms with Crippen molar-refractivity contribution in [3.05, 3.63) is 0 Å².